The Bertz CT molecular complexity index is 462. The topological polar surface area (TPSA) is 93.8 Å². The third-order valence-corrected chi connectivity index (χ3v) is 1.47. The number of nitrogens with two attached hydrogens (primary N) is 1. The smallest absolute Gasteiger partial charge is 0.332 e. The Labute approximate surface area is 67.0 Å². The molecule has 1 aromatic heterocycles. The zero-order valence-corrected chi connectivity index (χ0v) is 6.31. The van der Waals surface area contributed by atoms with E-state index in [2.05, 4.69) is 0 Å². The van der Waals surface area contributed by atoms with Gasteiger partial charge in [0, 0.05) is 13.1 Å². The second kappa shape index (κ2) is 2.54. The Morgan fingerprint density at radius 3 is 2.67 bits per heavy atom. The van der Waals surface area contributed by atoms with Crippen molar-refractivity contribution in [3.05, 3.63) is 32.6 Å². The van der Waals surface area contributed by atoms with Crippen LogP contribution in [0.3, 0.4) is 0 Å². The molecule has 0 amide bonds. The van der Waals surface area contributed by atoms with E-state index in [0.29, 0.717) is 4.68 Å². The Hall–Kier alpha value is -2.03. The van der Waals surface area contributed by atoms with E-state index in [-0.39, 0.29) is 5.69 Å². The normalized spacial score (nSPS) is 9.33. The fourth-order valence-corrected chi connectivity index (χ4v) is 0.750. The van der Waals surface area contributed by atoms with Gasteiger partial charge in [-0.15, -0.1) is 0 Å². The Kier molecular flexibility index (Phi) is 1.71. The third kappa shape index (κ3) is 0.971. The minimum atomic E-state index is -0.709. The number of nitriles is 1. The fourth-order valence-electron chi connectivity index (χ4n) is 0.750. The van der Waals surface area contributed by atoms with Gasteiger partial charge in [-0.1, -0.05) is 0 Å². The van der Waals surface area contributed by atoms with Crippen LogP contribution in [-0.2, 0) is 7.05 Å². The first-order valence-electron chi connectivity index (χ1n) is 3.06. The molecule has 0 saturated heterocycles. The SMILES string of the molecule is Cn1c(C#N)cc(=O)n(N)c1=O. The van der Waals surface area contributed by atoms with Crippen molar-refractivity contribution in [2.45, 2.75) is 0 Å². The average molecular weight is 166 g/mol. The van der Waals surface area contributed by atoms with Crippen molar-refractivity contribution in [3.63, 3.8) is 0 Å². The van der Waals surface area contributed by atoms with Crippen LogP contribution in [0.15, 0.2) is 15.7 Å². The molecule has 0 unspecified atom stereocenters. The van der Waals surface area contributed by atoms with E-state index in [4.69, 9.17) is 11.1 Å². The van der Waals surface area contributed by atoms with Crippen LogP contribution >= 0.6 is 0 Å². The van der Waals surface area contributed by atoms with Crippen molar-refractivity contribution < 1.29 is 0 Å². The zero-order chi connectivity index (χ0) is 9.30. The molecule has 6 heteroatoms. The minimum Gasteiger partial charge on any atom is -0.332 e. The Morgan fingerprint density at radius 1 is 1.58 bits per heavy atom. The summed E-state index contributed by atoms with van der Waals surface area (Å²) in [6.07, 6.45) is 0. The molecule has 12 heavy (non-hydrogen) atoms. The van der Waals surface area contributed by atoms with E-state index in [9.17, 15) is 9.59 Å². The maximum atomic E-state index is 11.0. The van der Waals surface area contributed by atoms with Crippen LogP contribution in [0, 0.1) is 11.3 Å². The Balaban J connectivity index is 3.77. The van der Waals surface area contributed by atoms with E-state index in [1.807, 2.05) is 0 Å². The molecule has 0 aliphatic heterocycles. The number of rotatable bonds is 0. The lowest BCUT2D eigenvalue weighted by Gasteiger charge is -2.01. The molecule has 0 saturated carbocycles. The number of aromatic nitrogens is 2. The lowest BCUT2D eigenvalue weighted by molar-refractivity contribution is 0.707. The predicted octanol–water partition coefficient (Wildman–Crippen LogP) is -1.87. The molecule has 0 radical (unpaired) electrons. The summed E-state index contributed by atoms with van der Waals surface area (Å²) in [5.41, 5.74) is -1.40. The summed E-state index contributed by atoms with van der Waals surface area (Å²) in [5.74, 6) is 5.07. The molecular formula is C6H6N4O2. The lowest BCUT2D eigenvalue weighted by Crippen LogP contribution is -2.44. The first-order chi connectivity index (χ1) is 5.57. The molecule has 0 fully saturated rings. The second-order valence-electron chi connectivity index (χ2n) is 2.19. The number of hydrogen-bond donors (Lipinski definition) is 1. The van der Waals surface area contributed by atoms with Gasteiger partial charge in [-0.05, 0) is 0 Å². The summed E-state index contributed by atoms with van der Waals surface area (Å²) < 4.78 is 1.45. The summed E-state index contributed by atoms with van der Waals surface area (Å²) in [5, 5.41) is 8.46. The lowest BCUT2D eigenvalue weighted by atomic mass is 10.4. The highest BCUT2D eigenvalue weighted by atomic mass is 16.2. The van der Waals surface area contributed by atoms with E-state index in [1.54, 1.807) is 6.07 Å². The molecular weight excluding hydrogens is 160 g/mol. The minimum absolute atomic E-state index is 0.00769. The van der Waals surface area contributed by atoms with Gasteiger partial charge in [0.25, 0.3) is 5.56 Å². The van der Waals surface area contributed by atoms with Gasteiger partial charge in [-0.2, -0.15) is 9.94 Å². The number of hydrogen-bond acceptors (Lipinski definition) is 4. The van der Waals surface area contributed by atoms with E-state index in [0.717, 1.165) is 10.6 Å². The Morgan fingerprint density at radius 2 is 2.17 bits per heavy atom. The van der Waals surface area contributed by atoms with Crippen molar-refractivity contribution >= 4 is 0 Å². The molecule has 1 heterocycles. The molecule has 0 aliphatic carbocycles. The van der Waals surface area contributed by atoms with Crippen LogP contribution in [-0.4, -0.2) is 9.24 Å². The van der Waals surface area contributed by atoms with Crippen LogP contribution in [0.4, 0.5) is 0 Å². The van der Waals surface area contributed by atoms with Gasteiger partial charge in [-0.3, -0.25) is 9.36 Å². The molecule has 2 N–H and O–H groups in total. The van der Waals surface area contributed by atoms with Crippen LogP contribution in [0.2, 0.25) is 0 Å². The van der Waals surface area contributed by atoms with Crippen molar-refractivity contribution in [1.82, 2.24) is 9.24 Å². The van der Waals surface area contributed by atoms with Gasteiger partial charge in [0.1, 0.15) is 11.8 Å². The van der Waals surface area contributed by atoms with Gasteiger partial charge < -0.3 is 5.84 Å². The molecule has 6 nitrogen and oxygen atoms in total. The maximum absolute atomic E-state index is 11.0. The average Bonchev–Trinajstić information content (AvgIpc) is 2.08. The van der Waals surface area contributed by atoms with Crippen LogP contribution < -0.4 is 17.1 Å². The van der Waals surface area contributed by atoms with Gasteiger partial charge in [-0.25, -0.2) is 4.79 Å². The predicted molar refractivity (Wildman–Crippen MR) is 40.8 cm³/mol. The summed E-state index contributed by atoms with van der Waals surface area (Å²) in [6, 6.07) is 2.70. The van der Waals surface area contributed by atoms with Gasteiger partial charge >= 0.3 is 5.69 Å². The molecule has 1 aromatic rings. The molecule has 0 aromatic carbocycles. The van der Waals surface area contributed by atoms with Crippen molar-refractivity contribution in [2.75, 3.05) is 5.84 Å². The third-order valence-electron chi connectivity index (χ3n) is 1.47. The molecule has 0 atom stereocenters. The van der Waals surface area contributed by atoms with Crippen molar-refractivity contribution in [3.8, 4) is 6.07 Å². The van der Waals surface area contributed by atoms with E-state index in [1.165, 1.54) is 7.05 Å². The van der Waals surface area contributed by atoms with Gasteiger partial charge in [0.2, 0.25) is 0 Å². The highest BCUT2D eigenvalue weighted by Crippen LogP contribution is 1.83. The van der Waals surface area contributed by atoms with Gasteiger partial charge in [0.15, 0.2) is 0 Å². The summed E-state index contributed by atoms with van der Waals surface area (Å²) in [7, 11) is 1.36. The highest BCUT2D eigenvalue weighted by Gasteiger charge is 2.03. The first-order valence-corrected chi connectivity index (χ1v) is 3.06. The zero-order valence-electron chi connectivity index (χ0n) is 6.31. The van der Waals surface area contributed by atoms with E-state index < -0.39 is 11.2 Å². The van der Waals surface area contributed by atoms with Gasteiger partial charge in [0.05, 0.1) is 0 Å². The summed E-state index contributed by atoms with van der Waals surface area (Å²) >= 11 is 0. The molecule has 0 spiro atoms. The number of nitrogen functional groups attached to an aromatic ring is 1. The monoisotopic (exact) mass is 166 g/mol. The summed E-state index contributed by atoms with van der Waals surface area (Å²) in [4.78, 5) is 21.9. The quantitative estimate of drug-likeness (QED) is 0.457. The molecule has 0 aliphatic rings. The standard InChI is InChI=1S/C6H6N4O2/c1-9-4(3-7)2-5(11)10(8)6(9)12/h2H,8H2,1H3. The van der Waals surface area contributed by atoms with Crippen LogP contribution in [0.1, 0.15) is 5.69 Å². The largest absolute Gasteiger partial charge is 0.350 e. The highest BCUT2D eigenvalue weighted by molar-refractivity contribution is 5.18. The molecule has 0 bridgehead atoms. The second-order valence-corrected chi connectivity index (χ2v) is 2.19. The van der Waals surface area contributed by atoms with Crippen LogP contribution in [0.5, 0.6) is 0 Å². The fraction of sp³-hybridized carbons (Fsp3) is 0.167. The van der Waals surface area contributed by atoms with E-state index >= 15 is 0 Å². The maximum Gasteiger partial charge on any atom is 0.350 e. The number of nitrogens with zero attached hydrogens (tertiary/aromatic N) is 3. The molecule has 1 rings (SSSR count). The first kappa shape index (κ1) is 8.07. The van der Waals surface area contributed by atoms with Crippen LogP contribution in [0.25, 0.3) is 0 Å². The van der Waals surface area contributed by atoms with Crippen molar-refractivity contribution in [2.24, 2.45) is 7.05 Å². The molecule has 62 valence electrons. The van der Waals surface area contributed by atoms with Crippen molar-refractivity contribution in [1.29, 1.82) is 5.26 Å². The summed E-state index contributed by atoms with van der Waals surface area (Å²) in [6.45, 7) is 0.